The summed E-state index contributed by atoms with van der Waals surface area (Å²) in [6, 6.07) is 8.62. The SMILES string of the molecule is FC(F)c1cc(Cl)ccc1-c1ccc(OC(F)(F)F)cc1. The Morgan fingerprint density at radius 3 is 2.10 bits per heavy atom. The summed E-state index contributed by atoms with van der Waals surface area (Å²) in [7, 11) is 0. The first-order valence-electron chi connectivity index (χ1n) is 5.70. The fourth-order valence-corrected chi connectivity index (χ4v) is 1.99. The Balaban J connectivity index is 2.35. The zero-order valence-corrected chi connectivity index (χ0v) is 11.1. The van der Waals surface area contributed by atoms with E-state index in [1.807, 2.05) is 0 Å². The summed E-state index contributed by atoms with van der Waals surface area (Å²) in [5.41, 5.74) is 0.261. The van der Waals surface area contributed by atoms with Crippen molar-refractivity contribution in [2.75, 3.05) is 0 Å². The zero-order chi connectivity index (χ0) is 15.6. The lowest BCUT2D eigenvalue weighted by Crippen LogP contribution is -2.16. The minimum absolute atomic E-state index is 0.158. The second-order valence-electron chi connectivity index (χ2n) is 4.10. The van der Waals surface area contributed by atoms with E-state index < -0.39 is 18.5 Å². The predicted molar refractivity (Wildman–Crippen MR) is 68.5 cm³/mol. The summed E-state index contributed by atoms with van der Waals surface area (Å²) < 4.78 is 65.8. The van der Waals surface area contributed by atoms with E-state index in [-0.39, 0.29) is 16.1 Å². The van der Waals surface area contributed by atoms with Crippen LogP contribution in [0.3, 0.4) is 0 Å². The van der Waals surface area contributed by atoms with Gasteiger partial charge in [-0.05, 0) is 35.4 Å². The average molecular weight is 323 g/mol. The third kappa shape index (κ3) is 4.07. The Labute approximate surface area is 121 Å². The molecule has 0 spiro atoms. The van der Waals surface area contributed by atoms with Crippen molar-refractivity contribution >= 4 is 11.6 Å². The first-order valence-corrected chi connectivity index (χ1v) is 6.08. The molecule has 0 atom stereocenters. The second kappa shape index (κ2) is 5.89. The number of hydrogen-bond acceptors (Lipinski definition) is 1. The van der Waals surface area contributed by atoms with Crippen LogP contribution in [0, 0.1) is 0 Å². The van der Waals surface area contributed by atoms with Gasteiger partial charge in [0.1, 0.15) is 5.75 Å². The van der Waals surface area contributed by atoms with Gasteiger partial charge in [0.05, 0.1) is 0 Å². The van der Waals surface area contributed by atoms with Crippen LogP contribution < -0.4 is 4.74 Å². The highest BCUT2D eigenvalue weighted by atomic mass is 35.5. The van der Waals surface area contributed by atoms with Crippen LogP contribution in [0.4, 0.5) is 22.0 Å². The standard InChI is InChI=1S/C14H8ClF5O/c15-9-3-6-11(12(7-9)13(16)17)8-1-4-10(5-2-8)21-14(18,19)20/h1-7,13H. The normalized spacial score (nSPS) is 11.8. The summed E-state index contributed by atoms with van der Waals surface area (Å²) >= 11 is 5.67. The molecule has 0 aliphatic heterocycles. The molecule has 0 bridgehead atoms. The van der Waals surface area contributed by atoms with E-state index in [1.54, 1.807) is 0 Å². The maximum atomic E-state index is 13.0. The van der Waals surface area contributed by atoms with Gasteiger partial charge in [0, 0.05) is 10.6 Å². The highest BCUT2D eigenvalue weighted by Crippen LogP contribution is 2.34. The molecule has 0 radical (unpaired) electrons. The molecule has 0 saturated heterocycles. The number of rotatable bonds is 3. The quantitative estimate of drug-likeness (QED) is 0.645. The Bertz CT molecular complexity index is 622. The lowest BCUT2D eigenvalue weighted by molar-refractivity contribution is -0.274. The second-order valence-corrected chi connectivity index (χ2v) is 4.54. The van der Waals surface area contributed by atoms with Crippen molar-refractivity contribution in [1.82, 2.24) is 0 Å². The lowest BCUT2D eigenvalue weighted by Gasteiger charge is -2.12. The van der Waals surface area contributed by atoms with Crippen LogP contribution in [0.5, 0.6) is 5.75 Å². The van der Waals surface area contributed by atoms with Crippen LogP contribution in [0.2, 0.25) is 5.02 Å². The van der Waals surface area contributed by atoms with Gasteiger partial charge >= 0.3 is 6.36 Å². The number of hydrogen-bond donors (Lipinski definition) is 0. The smallest absolute Gasteiger partial charge is 0.406 e. The fraction of sp³-hybridized carbons (Fsp3) is 0.143. The average Bonchev–Trinajstić information content (AvgIpc) is 2.38. The van der Waals surface area contributed by atoms with Crippen molar-refractivity contribution in [3.05, 3.63) is 53.1 Å². The Morgan fingerprint density at radius 1 is 0.952 bits per heavy atom. The Hall–Kier alpha value is -1.82. The van der Waals surface area contributed by atoms with E-state index >= 15 is 0 Å². The van der Waals surface area contributed by atoms with Gasteiger partial charge < -0.3 is 4.74 Å². The molecule has 21 heavy (non-hydrogen) atoms. The van der Waals surface area contributed by atoms with Crippen molar-refractivity contribution in [3.63, 3.8) is 0 Å². The monoisotopic (exact) mass is 322 g/mol. The predicted octanol–water partition coefficient (Wildman–Crippen LogP) is 5.84. The number of benzene rings is 2. The molecule has 0 amide bonds. The van der Waals surface area contributed by atoms with Gasteiger partial charge in [0.15, 0.2) is 0 Å². The minimum Gasteiger partial charge on any atom is -0.406 e. The van der Waals surface area contributed by atoms with Gasteiger partial charge in [-0.2, -0.15) is 0 Å². The summed E-state index contributed by atoms with van der Waals surface area (Å²) in [6.45, 7) is 0. The highest BCUT2D eigenvalue weighted by Gasteiger charge is 2.31. The van der Waals surface area contributed by atoms with Crippen LogP contribution in [-0.2, 0) is 0 Å². The number of ether oxygens (including phenoxy) is 1. The van der Waals surface area contributed by atoms with Gasteiger partial charge in [0.25, 0.3) is 6.43 Å². The molecular weight excluding hydrogens is 315 g/mol. The first-order chi connectivity index (χ1) is 9.76. The van der Waals surface area contributed by atoms with Crippen LogP contribution in [-0.4, -0.2) is 6.36 Å². The lowest BCUT2D eigenvalue weighted by atomic mass is 10.00. The third-order valence-electron chi connectivity index (χ3n) is 2.65. The van der Waals surface area contributed by atoms with E-state index in [0.29, 0.717) is 5.56 Å². The molecule has 112 valence electrons. The van der Waals surface area contributed by atoms with Crippen molar-refractivity contribution < 1.29 is 26.7 Å². The molecule has 0 fully saturated rings. The van der Waals surface area contributed by atoms with Crippen LogP contribution in [0.25, 0.3) is 11.1 Å². The molecule has 1 nitrogen and oxygen atoms in total. The minimum atomic E-state index is -4.80. The first kappa shape index (κ1) is 15.6. The van der Waals surface area contributed by atoms with Crippen molar-refractivity contribution in [2.24, 2.45) is 0 Å². The molecule has 0 N–H and O–H groups in total. The molecule has 2 rings (SSSR count). The third-order valence-corrected chi connectivity index (χ3v) is 2.88. The van der Waals surface area contributed by atoms with E-state index in [4.69, 9.17) is 11.6 Å². The van der Waals surface area contributed by atoms with Crippen LogP contribution in [0.15, 0.2) is 42.5 Å². The van der Waals surface area contributed by atoms with Crippen molar-refractivity contribution in [3.8, 4) is 16.9 Å². The zero-order valence-electron chi connectivity index (χ0n) is 10.3. The van der Waals surface area contributed by atoms with Crippen molar-refractivity contribution in [1.29, 1.82) is 0 Å². The molecule has 2 aromatic rings. The van der Waals surface area contributed by atoms with Gasteiger partial charge in [-0.3, -0.25) is 0 Å². The molecule has 0 aromatic heterocycles. The molecule has 2 aromatic carbocycles. The Morgan fingerprint density at radius 2 is 1.57 bits per heavy atom. The van der Waals surface area contributed by atoms with Gasteiger partial charge in [0.2, 0.25) is 0 Å². The van der Waals surface area contributed by atoms with E-state index in [2.05, 4.69) is 4.74 Å². The molecule has 0 unspecified atom stereocenters. The maximum Gasteiger partial charge on any atom is 0.573 e. The summed E-state index contributed by atoms with van der Waals surface area (Å²) in [5.74, 6) is -0.418. The Kier molecular flexibility index (Phi) is 4.37. The largest absolute Gasteiger partial charge is 0.573 e. The fourth-order valence-electron chi connectivity index (χ4n) is 1.81. The van der Waals surface area contributed by atoms with Crippen LogP contribution >= 0.6 is 11.6 Å². The molecule has 0 aliphatic rings. The topological polar surface area (TPSA) is 9.23 Å². The molecule has 7 heteroatoms. The van der Waals surface area contributed by atoms with Crippen molar-refractivity contribution in [2.45, 2.75) is 12.8 Å². The summed E-state index contributed by atoms with van der Waals surface area (Å²) in [4.78, 5) is 0. The number of alkyl halides is 5. The van der Waals surface area contributed by atoms with E-state index in [0.717, 1.165) is 18.2 Å². The van der Waals surface area contributed by atoms with Crippen LogP contribution in [0.1, 0.15) is 12.0 Å². The molecule has 0 aliphatic carbocycles. The molecule has 0 heterocycles. The van der Waals surface area contributed by atoms with E-state index in [1.165, 1.54) is 24.3 Å². The molecule has 0 saturated carbocycles. The number of halogens is 6. The summed E-state index contributed by atoms with van der Waals surface area (Å²) in [5, 5.41) is 0.158. The maximum absolute atomic E-state index is 13.0. The van der Waals surface area contributed by atoms with E-state index in [9.17, 15) is 22.0 Å². The highest BCUT2D eigenvalue weighted by molar-refractivity contribution is 6.30. The van der Waals surface area contributed by atoms with Gasteiger partial charge in [-0.1, -0.05) is 29.8 Å². The van der Waals surface area contributed by atoms with Gasteiger partial charge in [-0.15, -0.1) is 13.2 Å². The summed E-state index contributed by atoms with van der Waals surface area (Å²) in [6.07, 6.45) is -7.54. The van der Waals surface area contributed by atoms with Gasteiger partial charge in [-0.25, -0.2) is 8.78 Å². The molecular formula is C14H8ClF5O.